The van der Waals surface area contributed by atoms with Gasteiger partial charge in [-0.15, -0.1) is 0 Å². The minimum Gasteiger partial charge on any atom is -0.429 e. The van der Waals surface area contributed by atoms with E-state index in [1.54, 1.807) is 6.07 Å². The van der Waals surface area contributed by atoms with Gasteiger partial charge in [0.2, 0.25) is 5.75 Å². The predicted molar refractivity (Wildman–Crippen MR) is 67.1 cm³/mol. The summed E-state index contributed by atoms with van der Waals surface area (Å²) in [6.45, 7) is 0. The fourth-order valence-electron chi connectivity index (χ4n) is 1.40. The SMILES string of the molecule is N#Cc1ccc(Oc2ncc(Cl)cc2F)c([N+](=O)[O-])c1. The second-order valence-electron chi connectivity index (χ2n) is 3.59. The van der Waals surface area contributed by atoms with Gasteiger partial charge in [-0.2, -0.15) is 5.26 Å². The van der Waals surface area contributed by atoms with Crippen molar-refractivity contribution in [2.45, 2.75) is 0 Å². The Hall–Kier alpha value is -2.72. The Kier molecular flexibility index (Phi) is 3.77. The van der Waals surface area contributed by atoms with Gasteiger partial charge in [0.05, 0.1) is 21.6 Å². The number of pyridine rings is 1. The molecule has 1 aromatic carbocycles. The van der Waals surface area contributed by atoms with Gasteiger partial charge in [0.15, 0.2) is 5.82 Å². The van der Waals surface area contributed by atoms with Crippen molar-refractivity contribution in [3.63, 3.8) is 0 Å². The van der Waals surface area contributed by atoms with Gasteiger partial charge in [-0.3, -0.25) is 10.1 Å². The first-order chi connectivity index (χ1) is 9.51. The van der Waals surface area contributed by atoms with Crippen molar-refractivity contribution in [2.24, 2.45) is 0 Å². The Morgan fingerprint density at radius 3 is 2.80 bits per heavy atom. The molecule has 0 radical (unpaired) electrons. The van der Waals surface area contributed by atoms with E-state index in [0.717, 1.165) is 18.3 Å². The standard InChI is InChI=1S/C12H5ClFN3O3/c13-8-4-9(14)12(16-6-8)20-11-2-1-7(5-15)3-10(11)17(18)19/h1-4,6H. The third-order valence-corrected chi connectivity index (χ3v) is 2.47. The molecule has 0 aliphatic heterocycles. The molecule has 0 atom stereocenters. The van der Waals surface area contributed by atoms with E-state index in [9.17, 15) is 14.5 Å². The van der Waals surface area contributed by atoms with Crippen LogP contribution in [0.25, 0.3) is 0 Å². The summed E-state index contributed by atoms with van der Waals surface area (Å²) in [5.74, 6) is -1.51. The quantitative estimate of drug-likeness (QED) is 0.638. The van der Waals surface area contributed by atoms with Gasteiger partial charge in [0.1, 0.15) is 0 Å². The van der Waals surface area contributed by atoms with Gasteiger partial charge in [-0.05, 0) is 18.2 Å². The molecule has 0 aliphatic carbocycles. The van der Waals surface area contributed by atoms with Crippen LogP contribution in [0.15, 0.2) is 30.5 Å². The van der Waals surface area contributed by atoms with Crippen LogP contribution in [0.4, 0.5) is 10.1 Å². The molecule has 0 N–H and O–H groups in total. The second-order valence-corrected chi connectivity index (χ2v) is 4.03. The molecule has 6 nitrogen and oxygen atoms in total. The van der Waals surface area contributed by atoms with Crippen molar-refractivity contribution in [1.29, 1.82) is 5.26 Å². The lowest BCUT2D eigenvalue weighted by atomic mass is 10.2. The van der Waals surface area contributed by atoms with Crippen LogP contribution >= 0.6 is 11.6 Å². The molecule has 8 heteroatoms. The van der Waals surface area contributed by atoms with Crippen molar-refractivity contribution < 1.29 is 14.1 Å². The number of hydrogen-bond acceptors (Lipinski definition) is 5. The van der Waals surface area contributed by atoms with Crippen molar-refractivity contribution in [3.05, 3.63) is 57.0 Å². The molecule has 0 aliphatic rings. The molecule has 20 heavy (non-hydrogen) atoms. The number of nitro groups is 1. The van der Waals surface area contributed by atoms with Gasteiger partial charge in [-0.25, -0.2) is 9.37 Å². The maximum Gasteiger partial charge on any atom is 0.312 e. The average Bonchev–Trinajstić information content (AvgIpc) is 2.42. The van der Waals surface area contributed by atoms with Gasteiger partial charge < -0.3 is 4.74 Å². The van der Waals surface area contributed by atoms with Crippen LogP contribution in [0.3, 0.4) is 0 Å². The largest absolute Gasteiger partial charge is 0.429 e. The Bertz CT molecular complexity index is 730. The molecule has 1 heterocycles. The summed E-state index contributed by atoms with van der Waals surface area (Å²) in [7, 11) is 0. The summed E-state index contributed by atoms with van der Waals surface area (Å²) in [5.41, 5.74) is -0.367. The van der Waals surface area contributed by atoms with Crippen LogP contribution in [0.2, 0.25) is 5.02 Å². The van der Waals surface area contributed by atoms with E-state index < -0.39 is 22.3 Å². The summed E-state index contributed by atoms with van der Waals surface area (Å²) in [4.78, 5) is 13.8. The lowest BCUT2D eigenvalue weighted by Crippen LogP contribution is -1.97. The number of nitro benzene ring substituents is 1. The number of benzene rings is 1. The van der Waals surface area contributed by atoms with E-state index in [2.05, 4.69) is 4.98 Å². The zero-order valence-electron chi connectivity index (χ0n) is 9.71. The summed E-state index contributed by atoms with van der Waals surface area (Å²) in [5, 5.41) is 19.7. The van der Waals surface area contributed by atoms with Crippen LogP contribution in [-0.4, -0.2) is 9.91 Å². The molecular weight excluding hydrogens is 289 g/mol. The third kappa shape index (κ3) is 2.81. The fourth-order valence-corrected chi connectivity index (χ4v) is 1.54. The third-order valence-electron chi connectivity index (χ3n) is 2.27. The Balaban J connectivity index is 2.43. The molecule has 2 rings (SSSR count). The van der Waals surface area contributed by atoms with E-state index >= 15 is 0 Å². The average molecular weight is 294 g/mol. The molecule has 0 spiro atoms. The molecule has 0 bridgehead atoms. The highest BCUT2D eigenvalue weighted by Gasteiger charge is 2.19. The number of rotatable bonds is 3. The zero-order chi connectivity index (χ0) is 14.7. The summed E-state index contributed by atoms with van der Waals surface area (Å²) in [6, 6.07) is 6.28. The Morgan fingerprint density at radius 1 is 1.45 bits per heavy atom. The van der Waals surface area contributed by atoms with Gasteiger partial charge in [0.25, 0.3) is 5.88 Å². The monoisotopic (exact) mass is 293 g/mol. The fraction of sp³-hybridized carbons (Fsp3) is 0. The smallest absolute Gasteiger partial charge is 0.312 e. The van der Waals surface area contributed by atoms with E-state index in [-0.39, 0.29) is 16.3 Å². The molecule has 0 fully saturated rings. The van der Waals surface area contributed by atoms with Gasteiger partial charge in [0, 0.05) is 12.3 Å². The minimum atomic E-state index is -0.851. The minimum absolute atomic E-state index is 0.0733. The normalized spacial score (nSPS) is 9.85. The number of ether oxygens (including phenoxy) is 1. The molecular formula is C12H5ClFN3O3. The second kappa shape index (κ2) is 5.50. The maximum absolute atomic E-state index is 13.5. The summed E-state index contributed by atoms with van der Waals surface area (Å²) in [6.07, 6.45) is 1.15. The van der Waals surface area contributed by atoms with Gasteiger partial charge >= 0.3 is 5.69 Å². The highest BCUT2D eigenvalue weighted by atomic mass is 35.5. The first kappa shape index (κ1) is 13.7. The molecule has 100 valence electrons. The van der Waals surface area contributed by atoms with Crippen molar-refractivity contribution in [2.75, 3.05) is 0 Å². The number of aromatic nitrogens is 1. The molecule has 0 unspecified atom stereocenters. The van der Waals surface area contributed by atoms with Crippen LogP contribution < -0.4 is 4.74 Å². The molecule has 0 amide bonds. The number of nitrogens with zero attached hydrogens (tertiary/aromatic N) is 3. The zero-order valence-corrected chi connectivity index (χ0v) is 10.5. The first-order valence-corrected chi connectivity index (χ1v) is 5.56. The number of halogens is 2. The lowest BCUT2D eigenvalue weighted by molar-refractivity contribution is -0.385. The number of hydrogen-bond donors (Lipinski definition) is 0. The van der Waals surface area contributed by atoms with Crippen molar-refractivity contribution in [3.8, 4) is 17.7 Å². The topological polar surface area (TPSA) is 89.0 Å². The summed E-state index contributed by atoms with van der Waals surface area (Å²) >= 11 is 5.54. The van der Waals surface area contributed by atoms with Crippen LogP contribution in [-0.2, 0) is 0 Å². The number of nitriles is 1. The van der Waals surface area contributed by atoms with Crippen LogP contribution in [0.1, 0.15) is 5.56 Å². The van der Waals surface area contributed by atoms with Crippen LogP contribution in [0.5, 0.6) is 11.6 Å². The lowest BCUT2D eigenvalue weighted by Gasteiger charge is -2.06. The molecule has 1 aromatic heterocycles. The predicted octanol–water partition coefficient (Wildman–Crippen LogP) is 3.45. The summed E-state index contributed by atoms with van der Waals surface area (Å²) < 4.78 is 18.6. The van der Waals surface area contributed by atoms with E-state index in [1.807, 2.05) is 0 Å². The highest BCUT2D eigenvalue weighted by molar-refractivity contribution is 6.30. The van der Waals surface area contributed by atoms with E-state index in [0.29, 0.717) is 0 Å². The van der Waals surface area contributed by atoms with Crippen LogP contribution in [0, 0.1) is 27.3 Å². The van der Waals surface area contributed by atoms with Crippen molar-refractivity contribution in [1.82, 2.24) is 4.98 Å². The van der Waals surface area contributed by atoms with Crippen molar-refractivity contribution >= 4 is 17.3 Å². The molecule has 0 saturated heterocycles. The van der Waals surface area contributed by atoms with E-state index in [4.69, 9.17) is 21.6 Å². The maximum atomic E-state index is 13.5. The Morgan fingerprint density at radius 2 is 2.20 bits per heavy atom. The highest BCUT2D eigenvalue weighted by Crippen LogP contribution is 2.32. The first-order valence-electron chi connectivity index (χ1n) is 5.18. The Labute approximate surface area is 117 Å². The van der Waals surface area contributed by atoms with E-state index in [1.165, 1.54) is 12.1 Å². The molecule has 2 aromatic rings. The van der Waals surface area contributed by atoms with Gasteiger partial charge in [-0.1, -0.05) is 11.6 Å². The molecule has 0 saturated carbocycles.